The van der Waals surface area contributed by atoms with E-state index in [1.807, 2.05) is 0 Å². The maximum Gasteiger partial charge on any atom is 0.323 e. The van der Waals surface area contributed by atoms with Crippen molar-refractivity contribution < 1.29 is 8.42 Å². The smallest absolute Gasteiger partial charge is 0.306 e. The highest BCUT2D eigenvalue weighted by atomic mass is 32.2. The van der Waals surface area contributed by atoms with E-state index in [2.05, 4.69) is 21.8 Å². The molecule has 21 heavy (non-hydrogen) atoms. The minimum absolute atomic E-state index is 0.218. The Labute approximate surface area is 122 Å². The highest BCUT2D eigenvalue weighted by molar-refractivity contribution is 7.89. The second-order valence-corrected chi connectivity index (χ2v) is 7.06. The zero-order valence-electron chi connectivity index (χ0n) is 11.8. The van der Waals surface area contributed by atoms with Gasteiger partial charge < -0.3 is 14.9 Å². The molecule has 0 radical (unpaired) electrons. The van der Waals surface area contributed by atoms with Gasteiger partial charge in [0.05, 0.1) is 15.9 Å². The van der Waals surface area contributed by atoms with Gasteiger partial charge in [-0.1, -0.05) is 6.92 Å². The minimum atomic E-state index is -3.51. The summed E-state index contributed by atoms with van der Waals surface area (Å²) in [5.74, 6) is 0. The van der Waals surface area contributed by atoms with Crippen molar-refractivity contribution in [1.82, 2.24) is 19.2 Å². The van der Waals surface area contributed by atoms with Crippen LogP contribution < -0.4 is 5.69 Å². The number of likely N-dealkylation sites (N-methyl/N-ethyl adjacent to an activating group) is 1. The maximum absolute atomic E-state index is 12.6. The predicted octanol–water partition coefficient (Wildman–Crippen LogP) is 0.182. The van der Waals surface area contributed by atoms with E-state index in [-0.39, 0.29) is 10.6 Å². The van der Waals surface area contributed by atoms with Crippen LogP contribution in [0.15, 0.2) is 27.9 Å². The Hall–Kier alpha value is -1.64. The molecule has 0 aliphatic carbocycles. The van der Waals surface area contributed by atoms with Crippen molar-refractivity contribution in [3.05, 3.63) is 28.7 Å². The number of sulfonamides is 1. The van der Waals surface area contributed by atoms with Gasteiger partial charge in [0, 0.05) is 26.2 Å². The van der Waals surface area contributed by atoms with Crippen molar-refractivity contribution in [2.75, 3.05) is 32.7 Å². The first kappa shape index (κ1) is 14.3. The summed E-state index contributed by atoms with van der Waals surface area (Å²) >= 11 is 0. The van der Waals surface area contributed by atoms with E-state index in [4.69, 9.17) is 0 Å². The molecule has 2 aromatic rings. The van der Waals surface area contributed by atoms with Gasteiger partial charge >= 0.3 is 5.69 Å². The summed E-state index contributed by atoms with van der Waals surface area (Å²) in [6.45, 7) is 5.50. The zero-order chi connectivity index (χ0) is 15.0. The fourth-order valence-electron chi connectivity index (χ4n) is 2.61. The van der Waals surface area contributed by atoms with Crippen LogP contribution in [0.1, 0.15) is 6.92 Å². The van der Waals surface area contributed by atoms with Gasteiger partial charge in [0.1, 0.15) is 0 Å². The van der Waals surface area contributed by atoms with Gasteiger partial charge in [-0.25, -0.2) is 13.2 Å². The van der Waals surface area contributed by atoms with Crippen molar-refractivity contribution in [1.29, 1.82) is 0 Å². The van der Waals surface area contributed by atoms with Gasteiger partial charge in [-0.3, -0.25) is 0 Å². The molecule has 8 heteroatoms. The average Bonchev–Trinajstić information content (AvgIpc) is 2.86. The van der Waals surface area contributed by atoms with E-state index in [9.17, 15) is 13.2 Å². The average molecular weight is 310 g/mol. The lowest BCUT2D eigenvalue weighted by atomic mass is 10.3. The standard InChI is InChI=1S/C13H18N4O3S/c1-2-16-5-7-17(8-6-16)21(19,20)10-3-4-11-12(9-10)15-13(18)14-11/h3-4,9H,2,5-8H2,1H3,(H2,14,15,18). The molecule has 3 rings (SSSR count). The second-order valence-electron chi connectivity index (χ2n) is 5.12. The summed E-state index contributed by atoms with van der Waals surface area (Å²) in [6.07, 6.45) is 0. The van der Waals surface area contributed by atoms with E-state index in [0.29, 0.717) is 24.1 Å². The maximum atomic E-state index is 12.6. The van der Waals surface area contributed by atoms with Crippen LogP contribution >= 0.6 is 0 Å². The Morgan fingerprint density at radius 3 is 2.43 bits per heavy atom. The number of imidazole rings is 1. The van der Waals surface area contributed by atoms with Crippen molar-refractivity contribution in [3.63, 3.8) is 0 Å². The fourth-order valence-corrected chi connectivity index (χ4v) is 4.06. The highest BCUT2D eigenvalue weighted by Crippen LogP contribution is 2.20. The number of benzene rings is 1. The second kappa shape index (κ2) is 5.28. The zero-order valence-corrected chi connectivity index (χ0v) is 12.6. The van der Waals surface area contributed by atoms with E-state index in [1.54, 1.807) is 6.07 Å². The van der Waals surface area contributed by atoms with Crippen LogP contribution in [-0.2, 0) is 10.0 Å². The van der Waals surface area contributed by atoms with Gasteiger partial charge in [0.25, 0.3) is 0 Å². The van der Waals surface area contributed by atoms with Crippen LogP contribution in [0.2, 0.25) is 0 Å². The summed E-state index contributed by atoms with van der Waals surface area (Å²) in [4.78, 5) is 18.9. The minimum Gasteiger partial charge on any atom is -0.306 e. The summed E-state index contributed by atoms with van der Waals surface area (Å²) < 4.78 is 26.8. The first-order valence-electron chi connectivity index (χ1n) is 6.95. The number of hydrogen-bond acceptors (Lipinski definition) is 4. The van der Waals surface area contributed by atoms with E-state index < -0.39 is 10.0 Å². The van der Waals surface area contributed by atoms with Crippen LogP contribution in [0.3, 0.4) is 0 Å². The molecule has 0 saturated carbocycles. The molecule has 2 N–H and O–H groups in total. The molecule has 7 nitrogen and oxygen atoms in total. The van der Waals surface area contributed by atoms with Crippen molar-refractivity contribution in [2.24, 2.45) is 0 Å². The number of hydrogen-bond donors (Lipinski definition) is 2. The van der Waals surface area contributed by atoms with Gasteiger partial charge in [-0.2, -0.15) is 4.31 Å². The summed E-state index contributed by atoms with van der Waals surface area (Å²) in [6, 6.07) is 4.66. The quantitative estimate of drug-likeness (QED) is 0.846. The van der Waals surface area contributed by atoms with E-state index in [1.165, 1.54) is 16.4 Å². The number of aromatic nitrogens is 2. The lowest BCUT2D eigenvalue weighted by molar-refractivity contribution is 0.196. The molecule has 0 unspecified atom stereocenters. The Bertz CT molecular complexity index is 800. The van der Waals surface area contributed by atoms with Crippen molar-refractivity contribution in [2.45, 2.75) is 11.8 Å². The summed E-state index contributed by atoms with van der Waals surface area (Å²) in [5.41, 5.74) is 0.777. The molecule has 0 amide bonds. The predicted molar refractivity (Wildman–Crippen MR) is 79.8 cm³/mol. The molecule has 114 valence electrons. The molecule has 1 fully saturated rings. The van der Waals surface area contributed by atoms with Crippen molar-refractivity contribution >= 4 is 21.1 Å². The lowest BCUT2D eigenvalue weighted by Gasteiger charge is -2.33. The van der Waals surface area contributed by atoms with Gasteiger partial charge in [0.15, 0.2) is 0 Å². The van der Waals surface area contributed by atoms with Crippen LogP contribution in [0.4, 0.5) is 0 Å². The van der Waals surface area contributed by atoms with Gasteiger partial charge in [-0.05, 0) is 24.7 Å². The third kappa shape index (κ3) is 2.61. The van der Waals surface area contributed by atoms with Gasteiger partial charge in [-0.15, -0.1) is 0 Å². The number of fused-ring (bicyclic) bond motifs is 1. The molecule has 1 aromatic heterocycles. The monoisotopic (exact) mass is 310 g/mol. The van der Waals surface area contributed by atoms with Crippen LogP contribution in [0.25, 0.3) is 11.0 Å². The third-order valence-corrected chi connectivity index (χ3v) is 5.80. The largest absolute Gasteiger partial charge is 0.323 e. The topological polar surface area (TPSA) is 89.3 Å². The molecular formula is C13H18N4O3S. The molecule has 1 saturated heterocycles. The van der Waals surface area contributed by atoms with Crippen LogP contribution in [0, 0.1) is 0 Å². The molecule has 1 aromatic carbocycles. The number of rotatable bonds is 3. The van der Waals surface area contributed by atoms with Crippen LogP contribution in [0.5, 0.6) is 0 Å². The van der Waals surface area contributed by atoms with E-state index >= 15 is 0 Å². The van der Waals surface area contributed by atoms with Crippen molar-refractivity contribution in [3.8, 4) is 0 Å². The van der Waals surface area contributed by atoms with Crippen LogP contribution in [-0.4, -0.2) is 60.3 Å². The number of nitrogens with one attached hydrogen (secondary N) is 2. The fraction of sp³-hybridized carbons (Fsp3) is 0.462. The lowest BCUT2D eigenvalue weighted by Crippen LogP contribution is -2.48. The molecule has 1 aliphatic rings. The number of nitrogens with zero attached hydrogens (tertiary/aromatic N) is 2. The molecule has 2 heterocycles. The normalized spacial score (nSPS) is 18.3. The Balaban J connectivity index is 1.91. The molecule has 0 bridgehead atoms. The molecule has 0 atom stereocenters. The first-order valence-corrected chi connectivity index (χ1v) is 8.39. The number of piperazine rings is 1. The first-order chi connectivity index (χ1) is 10.0. The Morgan fingerprint density at radius 2 is 1.76 bits per heavy atom. The molecule has 1 aliphatic heterocycles. The SMILES string of the molecule is CCN1CCN(S(=O)(=O)c2ccc3[nH]c(=O)[nH]c3c2)CC1. The molecular weight excluding hydrogens is 292 g/mol. The number of H-pyrrole nitrogens is 2. The van der Waals surface area contributed by atoms with E-state index in [0.717, 1.165) is 19.6 Å². The summed E-state index contributed by atoms with van der Waals surface area (Å²) in [7, 11) is -3.51. The third-order valence-electron chi connectivity index (χ3n) is 3.90. The molecule has 0 spiro atoms. The summed E-state index contributed by atoms with van der Waals surface area (Å²) in [5, 5.41) is 0. The number of aromatic amines is 2. The Morgan fingerprint density at radius 1 is 1.10 bits per heavy atom. The highest BCUT2D eigenvalue weighted by Gasteiger charge is 2.28. The Kier molecular flexibility index (Phi) is 3.60. The van der Waals surface area contributed by atoms with Gasteiger partial charge in [0.2, 0.25) is 10.0 Å².